The van der Waals surface area contributed by atoms with Gasteiger partial charge in [-0.05, 0) is 39.5 Å². The number of fused-ring (bicyclic) bond motifs is 2. The van der Waals surface area contributed by atoms with Crippen LogP contribution in [-0.4, -0.2) is 9.79 Å². The van der Waals surface area contributed by atoms with Gasteiger partial charge in [-0.3, -0.25) is 0 Å². The summed E-state index contributed by atoms with van der Waals surface area (Å²) in [5.74, 6) is 0. The topological polar surface area (TPSA) is 57.5 Å². The van der Waals surface area contributed by atoms with Gasteiger partial charge in [-0.15, -0.1) is 9.79 Å². The predicted molar refractivity (Wildman–Crippen MR) is 78.8 cm³/mol. The molecule has 0 heterocycles. The molecule has 0 aromatic rings. The van der Waals surface area contributed by atoms with Crippen molar-refractivity contribution in [2.45, 2.75) is 48.0 Å². The Labute approximate surface area is 116 Å². The maximum Gasteiger partial charge on any atom is 0.692 e. The lowest BCUT2D eigenvalue weighted by Crippen LogP contribution is -2.15. The number of allylic oxidation sites excluding steroid dienone is 6. The lowest BCUT2D eigenvalue weighted by molar-refractivity contribution is 0.405. The van der Waals surface area contributed by atoms with Gasteiger partial charge in [0.15, 0.2) is 0 Å². The van der Waals surface area contributed by atoms with E-state index < -0.39 is 8.25 Å². The zero-order valence-electron chi connectivity index (χ0n) is 12.6. The highest BCUT2D eigenvalue weighted by Gasteiger charge is 2.34. The third-order valence-electron chi connectivity index (χ3n) is 3.31. The SMILES string of the molecule is CC(C)(C)C1=CC2=CC(C(C)(C)C)=C1C2.O=[P+](O)O. The Kier molecular flexibility index (Phi) is 4.56. The van der Waals surface area contributed by atoms with Crippen molar-refractivity contribution in [2.75, 3.05) is 0 Å². The lowest BCUT2D eigenvalue weighted by Gasteiger charge is -2.28. The van der Waals surface area contributed by atoms with E-state index in [1.54, 1.807) is 16.7 Å². The van der Waals surface area contributed by atoms with Crippen LogP contribution in [0.25, 0.3) is 0 Å². The molecule has 0 saturated heterocycles. The van der Waals surface area contributed by atoms with Gasteiger partial charge in [0.05, 0.1) is 0 Å². The average molecular weight is 283 g/mol. The fourth-order valence-electron chi connectivity index (χ4n) is 2.57. The van der Waals surface area contributed by atoms with E-state index in [0.29, 0.717) is 10.8 Å². The number of hydrogen-bond acceptors (Lipinski definition) is 1. The molecule has 4 heteroatoms. The highest BCUT2D eigenvalue weighted by atomic mass is 31.1. The number of rotatable bonds is 0. The minimum absolute atomic E-state index is 0.293. The highest BCUT2D eigenvalue weighted by molar-refractivity contribution is 7.30. The van der Waals surface area contributed by atoms with Gasteiger partial charge in [0.2, 0.25) is 0 Å². The molecule has 0 aliphatic heterocycles. The standard InChI is InChI=1S/C15H22.HO3P/c1-14(2,3)12-8-10-7-11(12)13(9-10)15(4,5)6;1-4(2)3/h8-9H,7H2,1-6H3;(H-,1,2,3)/p+1. The maximum absolute atomic E-state index is 8.70. The molecule has 0 aromatic carbocycles. The van der Waals surface area contributed by atoms with Crippen LogP contribution in [0.15, 0.2) is 34.4 Å². The van der Waals surface area contributed by atoms with Crippen molar-refractivity contribution in [3.8, 4) is 0 Å². The van der Waals surface area contributed by atoms with E-state index in [0.717, 1.165) is 0 Å². The first kappa shape index (κ1) is 16.3. The number of hydrogen-bond donors (Lipinski definition) is 2. The van der Waals surface area contributed by atoms with E-state index in [-0.39, 0.29) is 0 Å². The summed E-state index contributed by atoms with van der Waals surface area (Å²) in [7, 11) is -2.87. The van der Waals surface area contributed by atoms with Gasteiger partial charge in [-0.1, -0.05) is 53.7 Å². The van der Waals surface area contributed by atoms with E-state index in [4.69, 9.17) is 14.4 Å². The van der Waals surface area contributed by atoms with Gasteiger partial charge < -0.3 is 0 Å². The summed E-state index contributed by atoms with van der Waals surface area (Å²) in [4.78, 5) is 14.2. The minimum Gasteiger partial charge on any atom is -0.134 e. The smallest absolute Gasteiger partial charge is 0.134 e. The molecule has 2 rings (SSSR count). The van der Waals surface area contributed by atoms with Crippen molar-refractivity contribution in [3.63, 3.8) is 0 Å². The zero-order valence-corrected chi connectivity index (χ0v) is 13.5. The van der Waals surface area contributed by atoms with Crippen LogP contribution in [0.2, 0.25) is 0 Å². The molecule has 106 valence electrons. The monoisotopic (exact) mass is 283 g/mol. The molecule has 0 atom stereocenters. The van der Waals surface area contributed by atoms with E-state index in [2.05, 4.69) is 53.7 Å². The van der Waals surface area contributed by atoms with Gasteiger partial charge >= 0.3 is 8.25 Å². The molecule has 0 fully saturated rings. The molecule has 0 spiro atoms. The van der Waals surface area contributed by atoms with Crippen molar-refractivity contribution in [2.24, 2.45) is 10.8 Å². The summed E-state index contributed by atoms with van der Waals surface area (Å²) in [5.41, 5.74) is 6.82. The Morgan fingerprint density at radius 3 is 1.79 bits per heavy atom. The first-order chi connectivity index (χ1) is 8.43. The van der Waals surface area contributed by atoms with Crippen LogP contribution in [0, 0.1) is 10.8 Å². The molecule has 2 aliphatic carbocycles. The molecule has 19 heavy (non-hydrogen) atoms. The molecule has 0 saturated carbocycles. The molecule has 0 aromatic heterocycles. The van der Waals surface area contributed by atoms with Crippen molar-refractivity contribution in [3.05, 3.63) is 34.4 Å². The molecule has 0 radical (unpaired) electrons. The maximum atomic E-state index is 8.70. The lowest BCUT2D eigenvalue weighted by atomic mass is 9.76. The Bertz CT molecular complexity index is 479. The average Bonchev–Trinajstić information content (AvgIpc) is 2.71. The fourth-order valence-corrected chi connectivity index (χ4v) is 2.57. The van der Waals surface area contributed by atoms with Crippen LogP contribution in [0.3, 0.4) is 0 Å². The largest absolute Gasteiger partial charge is 0.692 e. The van der Waals surface area contributed by atoms with E-state index >= 15 is 0 Å². The summed E-state index contributed by atoms with van der Waals surface area (Å²) >= 11 is 0. The third kappa shape index (κ3) is 4.10. The summed E-state index contributed by atoms with van der Waals surface area (Å²) in [6.07, 6.45) is 5.97. The van der Waals surface area contributed by atoms with Crippen molar-refractivity contribution in [1.82, 2.24) is 0 Å². The first-order valence-electron chi connectivity index (χ1n) is 6.44. The molecule has 0 unspecified atom stereocenters. The Morgan fingerprint density at radius 2 is 1.47 bits per heavy atom. The van der Waals surface area contributed by atoms with Crippen LogP contribution in [0.1, 0.15) is 48.0 Å². The molecule has 0 amide bonds. The fraction of sp³-hybridized carbons (Fsp3) is 0.600. The zero-order chi connectivity index (χ0) is 15.0. The minimum atomic E-state index is -2.87. The summed E-state index contributed by atoms with van der Waals surface area (Å²) in [5, 5.41) is 0. The molecule has 2 bridgehead atoms. The molecule has 2 N–H and O–H groups in total. The second-order valence-electron chi connectivity index (χ2n) is 7.10. The quantitative estimate of drug-likeness (QED) is 0.653. The first-order valence-corrected chi connectivity index (χ1v) is 7.61. The summed E-state index contributed by atoms with van der Waals surface area (Å²) in [6, 6.07) is 0. The van der Waals surface area contributed by atoms with Gasteiger partial charge in [0.1, 0.15) is 0 Å². The second-order valence-corrected chi connectivity index (χ2v) is 7.60. The third-order valence-corrected chi connectivity index (χ3v) is 3.31. The molecular weight excluding hydrogens is 259 g/mol. The van der Waals surface area contributed by atoms with Gasteiger partial charge in [-0.25, -0.2) is 0 Å². The summed E-state index contributed by atoms with van der Waals surface area (Å²) in [6.45, 7) is 13.9. The molecule has 3 nitrogen and oxygen atoms in total. The van der Waals surface area contributed by atoms with E-state index in [1.807, 2.05) is 0 Å². The molecular formula is C15H24O3P+. The van der Waals surface area contributed by atoms with Crippen molar-refractivity contribution in [1.29, 1.82) is 0 Å². The van der Waals surface area contributed by atoms with Crippen LogP contribution >= 0.6 is 8.25 Å². The van der Waals surface area contributed by atoms with Gasteiger partial charge in [0.25, 0.3) is 0 Å². The van der Waals surface area contributed by atoms with Crippen LogP contribution in [0.4, 0.5) is 0 Å². The van der Waals surface area contributed by atoms with Gasteiger partial charge in [0, 0.05) is 4.57 Å². The Balaban J connectivity index is 0.000000399. The van der Waals surface area contributed by atoms with Crippen molar-refractivity contribution >= 4 is 8.25 Å². The second kappa shape index (κ2) is 5.32. The highest BCUT2D eigenvalue weighted by Crippen LogP contribution is 2.50. The Morgan fingerprint density at radius 1 is 1.00 bits per heavy atom. The van der Waals surface area contributed by atoms with Crippen LogP contribution < -0.4 is 0 Å². The normalized spacial score (nSPS) is 17.9. The Hall–Kier alpha value is -0.760. The van der Waals surface area contributed by atoms with Gasteiger partial charge in [-0.2, -0.15) is 0 Å². The summed E-state index contributed by atoms with van der Waals surface area (Å²) < 4.78 is 8.70. The van der Waals surface area contributed by atoms with Crippen LogP contribution in [-0.2, 0) is 4.57 Å². The van der Waals surface area contributed by atoms with E-state index in [9.17, 15) is 0 Å². The van der Waals surface area contributed by atoms with Crippen molar-refractivity contribution < 1.29 is 14.4 Å². The predicted octanol–water partition coefficient (Wildman–Crippen LogP) is 4.27. The van der Waals surface area contributed by atoms with Crippen LogP contribution in [0.5, 0.6) is 0 Å². The van der Waals surface area contributed by atoms with E-state index in [1.165, 1.54) is 12.0 Å². The molecule has 2 aliphatic rings.